The minimum Gasteiger partial charge on any atom is -0.493 e. The van der Waals surface area contributed by atoms with Crippen LogP contribution in [0.2, 0.25) is 0 Å². The van der Waals surface area contributed by atoms with Crippen molar-refractivity contribution < 1.29 is 27.5 Å². The molecule has 5 aromatic rings. The van der Waals surface area contributed by atoms with Crippen LogP contribution in [-0.2, 0) is 18.5 Å². The zero-order valence-corrected chi connectivity index (χ0v) is 20.1. The minimum atomic E-state index is -0.841. The zero-order valence-electron chi connectivity index (χ0n) is 20.1. The molecule has 0 saturated heterocycles. The van der Waals surface area contributed by atoms with Crippen LogP contribution in [0.1, 0.15) is 17.3 Å². The van der Waals surface area contributed by atoms with Crippen LogP contribution in [-0.4, -0.2) is 43.2 Å². The highest BCUT2D eigenvalue weighted by atomic mass is 19.1. The predicted octanol–water partition coefficient (Wildman–Crippen LogP) is 4.31. The number of aromatic nitrogens is 6. The van der Waals surface area contributed by atoms with E-state index in [1.165, 1.54) is 17.9 Å². The smallest absolute Gasteiger partial charge is 0.257 e. The van der Waals surface area contributed by atoms with Crippen molar-refractivity contribution in [1.82, 2.24) is 30.4 Å². The zero-order chi connectivity index (χ0) is 26.5. The molecule has 0 amide bonds. The summed E-state index contributed by atoms with van der Waals surface area (Å²) in [7, 11) is 3.12. The average Bonchev–Trinajstić information content (AvgIpc) is 3.58. The quantitative estimate of drug-likeness (QED) is 0.207. The van der Waals surface area contributed by atoms with Crippen LogP contribution in [0.4, 0.5) is 8.78 Å². The summed E-state index contributed by atoms with van der Waals surface area (Å²) in [5.41, 5.74) is 1.70. The van der Waals surface area contributed by atoms with E-state index in [0.29, 0.717) is 17.1 Å². The molecule has 2 aromatic heterocycles. The van der Waals surface area contributed by atoms with Crippen molar-refractivity contribution in [2.24, 2.45) is 12.2 Å². The number of aryl methyl sites for hydroxylation is 1. The summed E-state index contributed by atoms with van der Waals surface area (Å²) < 4.78 is 45.3. The van der Waals surface area contributed by atoms with Crippen LogP contribution < -0.4 is 9.47 Å². The van der Waals surface area contributed by atoms with Crippen LogP contribution in [0, 0.1) is 11.6 Å². The van der Waals surface area contributed by atoms with Gasteiger partial charge in [0, 0.05) is 24.2 Å². The highest BCUT2D eigenvalue weighted by Gasteiger charge is 2.17. The Morgan fingerprint density at radius 3 is 2.50 bits per heavy atom. The van der Waals surface area contributed by atoms with Crippen LogP contribution >= 0.6 is 0 Å². The lowest BCUT2D eigenvalue weighted by atomic mass is 10.1. The average molecular weight is 519 g/mol. The van der Waals surface area contributed by atoms with Gasteiger partial charge in [0.15, 0.2) is 35.4 Å². The lowest BCUT2D eigenvalue weighted by molar-refractivity contribution is 0.111. The van der Waals surface area contributed by atoms with Gasteiger partial charge >= 0.3 is 0 Å². The molecular weight excluding hydrogens is 500 g/mol. The van der Waals surface area contributed by atoms with Crippen molar-refractivity contribution in [3.05, 3.63) is 95.6 Å². The van der Waals surface area contributed by atoms with E-state index >= 15 is 0 Å². The second kappa shape index (κ2) is 10.8. The molecule has 0 bridgehead atoms. The lowest BCUT2D eigenvalue weighted by Gasteiger charge is -2.11. The normalized spacial score (nSPS) is 11.4. The molecule has 0 spiro atoms. The number of methoxy groups -OCH3 is 1. The van der Waals surface area contributed by atoms with Gasteiger partial charge in [0.2, 0.25) is 11.7 Å². The fraction of sp³-hybridized carbons (Fsp3) is 0.120. The lowest BCUT2D eigenvalue weighted by Crippen LogP contribution is -2.12. The van der Waals surface area contributed by atoms with Gasteiger partial charge in [0.1, 0.15) is 5.82 Å². The number of tetrazole rings is 1. The van der Waals surface area contributed by atoms with E-state index in [0.717, 1.165) is 17.7 Å². The number of hydrogen-bond acceptors (Lipinski definition) is 10. The molecule has 38 heavy (non-hydrogen) atoms. The topological polar surface area (TPSA) is 123 Å². The first-order valence-corrected chi connectivity index (χ1v) is 11.1. The number of oxime groups is 1. The van der Waals surface area contributed by atoms with Gasteiger partial charge in [-0.25, -0.2) is 13.5 Å². The summed E-state index contributed by atoms with van der Waals surface area (Å²) >= 11 is 0. The molecule has 0 unspecified atom stereocenters. The first-order chi connectivity index (χ1) is 18.5. The van der Waals surface area contributed by atoms with Crippen molar-refractivity contribution in [3.8, 4) is 28.7 Å². The standard InChI is InChI=1S/C25H19F2N7O4/c1-34-24(29-32-33-34)23(15-6-4-3-5-7-15)31-36-14-22-28-30-25(38-22)16-8-10-20(21(12-16)35-2)37-19-11-9-17(26)13-18(19)27/h3-13H,14H2,1-2H3/b31-23-. The fourth-order valence-electron chi connectivity index (χ4n) is 3.39. The molecule has 0 atom stereocenters. The molecule has 13 heteroatoms. The van der Waals surface area contributed by atoms with Crippen molar-refractivity contribution in [1.29, 1.82) is 0 Å². The SMILES string of the molecule is COc1cc(-c2nnc(CO/N=C(/c3ccccc3)c3nnnn3C)o2)ccc1Oc1ccc(F)cc1F. The van der Waals surface area contributed by atoms with E-state index in [9.17, 15) is 8.78 Å². The van der Waals surface area contributed by atoms with Gasteiger partial charge in [-0.2, -0.15) is 0 Å². The minimum absolute atomic E-state index is 0.114. The number of benzene rings is 3. The van der Waals surface area contributed by atoms with Gasteiger partial charge in [-0.3, -0.25) is 0 Å². The van der Waals surface area contributed by atoms with E-state index < -0.39 is 11.6 Å². The van der Waals surface area contributed by atoms with Gasteiger partial charge in [-0.1, -0.05) is 35.5 Å². The van der Waals surface area contributed by atoms with Gasteiger partial charge in [0.05, 0.1) is 7.11 Å². The third-order valence-corrected chi connectivity index (χ3v) is 5.21. The second-order valence-corrected chi connectivity index (χ2v) is 7.75. The van der Waals surface area contributed by atoms with E-state index in [4.69, 9.17) is 18.7 Å². The fourth-order valence-corrected chi connectivity index (χ4v) is 3.39. The Kier molecular flexibility index (Phi) is 6.97. The van der Waals surface area contributed by atoms with E-state index in [2.05, 4.69) is 30.9 Å². The third kappa shape index (κ3) is 5.31. The maximum Gasteiger partial charge on any atom is 0.257 e. The van der Waals surface area contributed by atoms with Gasteiger partial charge in [-0.15, -0.1) is 15.3 Å². The number of halogens is 2. The van der Waals surface area contributed by atoms with E-state index in [-0.39, 0.29) is 35.6 Å². The summed E-state index contributed by atoms with van der Waals surface area (Å²) in [5, 5.41) is 23.7. The highest BCUT2D eigenvalue weighted by molar-refractivity contribution is 6.10. The molecule has 0 aliphatic carbocycles. The summed E-state index contributed by atoms with van der Waals surface area (Å²) in [6.45, 7) is -0.114. The maximum absolute atomic E-state index is 14.0. The molecule has 0 radical (unpaired) electrons. The largest absolute Gasteiger partial charge is 0.493 e. The molecule has 0 fully saturated rings. The first kappa shape index (κ1) is 24.5. The molecule has 0 N–H and O–H groups in total. The molecule has 2 heterocycles. The number of nitrogens with zero attached hydrogens (tertiary/aromatic N) is 7. The van der Waals surface area contributed by atoms with Gasteiger partial charge in [-0.05, 0) is 40.8 Å². The third-order valence-electron chi connectivity index (χ3n) is 5.21. The van der Waals surface area contributed by atoms with Crippen LogP contribution in [0.25, 0.3) is 11.5 Å². The van der Waals surface area contributed by atoms with Crippen LogP contribution in [0.3, 0.4) is 0 Å². The maximum atomic E-state index is 14.0. The Bertz CT molecular complexity index is 1590. The Balaban J connectivity index is 1.32. The van der Waals surface area contributed by atoms with Crippen LogP contribution in [0.15, 0.2) is 76.3 Å². The summed E-state index contributed by atoms with van der Waals surface area (Å²) in [6, 6.07) is 17.1. The molecule has 0 saturated carbocycles. The Morgan fingerprint density at radius 2 is 1.76 bits per heavy atom. The molecular formula is C25H19F2N7O4. The Labute approximate surface area is 214 Å². The number of rotatable bonds is 9. The van der Waals surface area contributed by atoms with Crippen LogP contribution in [0.5, 0.6) is 17.2 Å². The Morgan fingerprint density at radius 1 is 0.947 bits per heavy atom. The van der Waals surface area contributed by atoms with Crippen molar-refractivity contribution in [2.45, 2.75) is 6.61 Å². The number of hydrogen-bond donors (Lipinski definition) is 0. The monoisotopic (exact) mass is 519 g/mol. The van der Waals surface area contributed by atoms with Gasteiger partial charge in [0.25, 0.3) is 5.89 Å². The Hall–Kier alpha value is -5.20. The second-order valence-electron chi connectivity index (χ2n) is 7.75. The molecule has 11 nitrogen and oxygen atoms in total. The van der Waals surface area contributed by atoms with Crippen molar-refractivity contribution in [2.75, 3.05) is 7.11 Å². The van der Waals surface area contributed by atoms with Crippen molar-refractivity contribution in [3.63, 3.8) is 0 Å². The molecule has 0 aliphatic heterocycles. The summed E-state index contributed by atoms with van der Waals surface area (Å²) in [5.74, 6) is -0.444. The summed E-state index contributed by atoms with van der Waals surface area (Å²) in [4.78, 5) is 5.49. The molecule has 5 rings (SSSR count). The first-order valence-electron chi connectivity index (χ1n) is 11.1. The highest BCUT2D eigenvalue weighted by Crippen LogP contribution is 2.36. The molecule has 3 aromatic carbocycles. The number of ether oxygens (including phenoxy) is 2. The molecule has 192 valence electrons. The van der Waals surface area contributed by atoms with Crippen molar-refractivity contribution >= 4 is 5.71 Å². The molecule has 0 aliphatic rings. The van der Waals surface area contributed by atoms with Gasteiger partial charge < -0.3 is 18.7 Å². The predicted molar refractivity (Wildman–Crippen MR) is 128 cm³/mol. The summed E-state index contributed by atoms with van der Waals surface area (Å²) in [6.07, 6.45) is 0. The van der Waals surface area contributed by atoms with E-state index in [1.54, 1.807) is 25.2 Å². The van der Waals surface area contributed by atoms with E-state index in [1.807, 2.05) is 30.3 Å².